The van der Waals surface area contributed by atoms with Crippen LogP contribution in [0.3, 0.4) is 0 Å². The Labute approximate surface area is 111 Å². The number of pyridine rings is 1. The molecule has 0 spiro atoms. The molecule has 2 N–H and O–H groups in total. The average Bonchev–Trinajstić information content (AvgIpc) is 2.84. The zero-order valence-corrected chi connectivity index (χ0v) is 11.6. The van der Waals surface area contributed by atoms with E-state index in [-0.39, 0.29) is 0 Å². The molecule has 0 atom stereocenters. The van der Waals surface area contributed by atoms with Gasteiger partial charge in [-0.2, -0.15) is 0 Å². The maximum Gasteiger partial charge on any atom is 0.185 e. The number of nitrogens with two attached hydrogens (primary N) is 1. The second kappa shape index (κ2) is 5.93. The molecule has 0 bridgehead atoms. The lowest BCUT2D eigenvalue weighted by Gasteiger charge is -2.19. The first-order valence-electron chi connectivity index (χ1n) is 6.05. The third-order valence-electron chi connectivity index (χ3n) is 2.69. The van der Waals surface area contributed by atoms with E-state index in [1.54, 1.807) is 11.3 Å². The molecule has 2 aromatic rings. The second-order valence-electron chi connectivity index (χ2n) is 4.10. The Balaban J connectivity index is 2.14. The number of anilines is 1. The SMILES string of the molecule is CCN(Cc1cccc(C)n1)c1ncc(CN)s1. The molecular formula is C13H18N4S. The van der Waals surface area contributed by atoms with Crippen molar-refractivity contribution in [3.8, 4) is 0 Å². The van der Waals surface area contributed by atoms with Crippen LogP contribution in [0.2, 0.25) is 0 Å². The molecule has 0 amide bonds. The molecule has 0 fully saturated rings. The summed E-state index contributed by atoms with van der Waals surface area (Å²) < 4.78 is 0. The lowest BCUT2D eigenvalue weighted by Crippen LogP contribution is -2.22. The number of rotatable bonds is 5. The molecule has 0 saturated carbocycles. The zero-order valence-electron chi connectivity index (χ0n) is 10.8. The molecule has 0 radical (unpaired) electrons. The summed E-state index contributed by atoms with van der Waals surface area (Å²) in [5.41, 5.74) is 7.73. The number of nitrogens with zero attached hydrogens (tertiary/aromatic N) is 3. The molecule has 0 unspecified atom stereocenters. The van der Waals surface area contributed by atoms with Gasteiger partial charge in [0.05, 0.1) is 12.2 Å². The van der Waals surface area contributed by atoms with Gasteiger partial charge in [0, 0.05) is 29.9 Å². The monoisotopic (exact) mass is 262 g/mol. The van der Waals surface area contributed by atoms with Crippen molar-refractivity contribution in [1.29, 1.82) is 0 Å². The van der Waals surface area contributed by atoms with Crippen molar-refractivity contribution in [2.24, 2.45) is 5.73 Å². The third kappa shape index (κ3) is 3.05. The lowest BCUT2D eigenvalue weighted by atomic mass is 10.3. The average molecular weight is 262 g/mol. The number of aromatic nitrogens is 2. The van der Waals surface area contributed by atoms with Crippen molar-refractivity contribution in [2.45, 2.75) is 26.9 Å². The van der Waals surface area contributed by atoms with Gasteiger partial charge >= 0.3 is 0 Å². The predicted molar refractivity (Wildman–Crippen MR) is 75.7 cm³/mol. The Bertz CT molecular complexity index is 509. The summed E-state index contributed by atoms with van der Waals surface area (Å²) in [7, 11) is 0. The van der Waals surface area contributed by atoms with E-state index in [0.717, 1.165) is 34.5 Å². The van der Waals surface area contributed by atoms with Gasteiger partial charge < -0.3 is 10.6 Å². The van der Waals surface area contributed by atoms with E-state index in [9.17, 15) is 0 Å². The zero-order chi connectivity index (χ0) is 13.0. The van der Waals surface area contributed by atoms with Crippen LogP contribution in [0.25, 0.3) is 0 Å². The van der Waals surface area contributed by atoms with Crippen LogP contribution in [0.5, 0.6) is 0 Å². The van der Waals surface area contributed by atoms with E-state index < -0.39 is 0 Å². The lowest BCUT2D eigenvalue weighted by molar-refractivity contribution is 0.801. The summed E-state index contributed by atoms with van der Waals surface area (Å²) in [5, 5.41) is 1.02. The van der Waals surface area contributed by atoms with Crippen molar-refractivity contribution in [3.05, 3.63) is 40.7 Å². The summed E-state index contributed by atoms with van der Waals surface area (Å²) in [6, 6.07) is 6.10. The van der Waals surface area contributed by atoms with Crippen LogP contribution >= 0.6 is 11.3 Å². The summed E-state index contributed by atoms with van der Waals surface area (Å²) in [5.74, 6) is 0. The van der Waals surface area contributed by atoms with E-state index in [1.165, 1.54) is 0 Å². The van der Waals surface area contributed by atoms with Crippen molar-refractivity contribution in [2.75, 3.05) is 11.4 Å². The van der Waals surface area contributed by atoms with E-state index in [4.69, 9.17) is 5.73 Å². The molecule has 0 saturated heterocycles. The fraction of sp³-hybridized carbons (Fsp3) is 0.385. The van der Waals surface area contributed by atoms with Gasteiger partial charge in [-0.05, 0) is 26.0 Å². The maximum absolute atomic E-state index is 5.62. The number of aryl methyl sites for hydroxylation is 1. The number of hydrogen-bond acceptors (Lipinski definition) is 5. The number of hydrogen-bond donors (Lipinski definition) is 1. The quantitative estimate of drug-likeness (QED) is 0.898. The molecule has 0 aliphatic heterocycles. The highest BCUT2D eigenvalue weighted by molar-refractivity contribution is 7.15. The van der Waals surface area contributed by atoms with Crippen LogP contribution in [-0.4, -0.2) is 16.5 Å². The van der Waals surface area contributed by atoms with Gasteiger partial charge in [-0.15, -0.1) is 11.3 Å². The molecule has 96 valence electrons. The van der Waals surface area contributed by atoms with E-state index in [1.807, 2.05) is 31.3 Å². The highest BCUT2D eigenvalue weighted by atomic mass is 32.1. The Morgan fingerprint density at radius 3 is 2.83 bits per heavy atom. The van der Waals surface area contributed by atoms with E-state index in [2.05, 4.69) is 21.8 Å². The Kier molecular flexibility index (Phi) is 4.28. The Hall–Kier alpha value is -1.46. The van der Waals surface area contributed by atoms with Crippen molar-refractivity contribution >= 4 is 16.5 Å². The fourth-order valence-corrected chi connectivity index (χ4v) is 2.59. The van der Waals surface area contributed by atoms with Gasteiger partial charge in [0.25, 0.3) is 0 Å². The first-order valence-corrected chi connectivity index (χ1v) is 6.86. The smallest absolute Gasteiger partial charge is 0.185 e. The van der Waals surface area contributed by atoms with Crippen molar-refractivity contribution in [1.82, 2.24) is 9.97 Å². The van der Waals surface area contributed by atoms with Crippen LogP contribution in [-0.2, 0) is 13.1 Å². The molecule has 0 aliphatic rings. The maximum atomic E-state index is 5.62. The topological polar surface area (TPSA) is 55.0 Å². The summed E-state index contributed by atoms with van der Waals surface area (Å²) >= 11 is 1.65. The molecule has 5 heteroatoms. The Morgan fingerprint density at radius 1 is 1.39 bits per heavy atom. The first-order chi connectivity index (χ1) is 8.72. The van der Waals surface area contributed by atoms with E-state index in [0.29, 0.717) is 6.54 Å². The highest BCUT2D eigenvalue weighted by Crippen LogP contribution is 2.23. The van der Waals surface area contributed by atoms with Crippen LogP contribution in [0.15, 0.2) is 24.4 Å². The van der Waals surface area contributed by atoms with Gasteiger partial charge in [-0.3, -0.25) is 4.98 Å². The summed E-state index contributed by atoms with van der Waals surface area (Å²) in [4.78, 5) is 12.3. The standard InChI is InChI=1S/C13H18N4S/c1-3-17(13-15-8-12(7-14)18-13)9-11-6-4-5-10(2)16-11/h4-6,8H,3,7,9,14H2,1-2H3. The molecule has 2 aromatic heterocycles. The van der Waals surface area contributed by atoms with Crippen molar-refractivity contribution < 1.29 is 0 Å². The minimum absolute atomic E-state index is 0.553. The minimum Gasteiger partial charge on any atom is -0.342 e. The minimum atomic E-state index is 0.553. The van der Waals surface area contributed by atoms with Crippen LogP contribution in [0, 0.1) is 6.92 Å². The highest BCUT2D eigenvalue weighted by Gasteiger charge is 2.10. The Morgan fingerprint density at radius 2 is 2.22 bits per heavy atom. The molecule has 2 heterocycles. The van der Waals surface area contributed by atoms with Gasteiger partial charge in [0.1, 0.15) is 0 Å². The molecule has 0 aliphatic carbocycles. The predicted octanol–water partition coefficient (Wildman–Crippen LogP) is 2.33. The van der Waals surface area contributed by atoms with E-state index >= 15 is 0 Å². The molecular weight excluding hydrogens is 244 g/mol. The van der Waals surface area contributed by atoms with Gasteiger partial charge in [0.15, 0.2) is 5.13 Å². The second-order valence-corrected chi connectivity index (χ2v) is 5.19. The molecule has 0 aromatic carbocycles. The van der Waals surface area contributed by atoms with Crippen LogP contribution in [0.4, 0.5) is 5.13 Å². The molecule has 4 nitrogen and oxygen atoms in total. The van der Waals surface area contributed by atoms with Gasteiger partial charge in [0.2, 0.25) is 0 Å². The van der Waals surface area contributed by atoms with Crippen LogP contribution in [0.1, 0.15) is 23.2 Å². The first kappa shape index (κ1) is 13.0. The van der Waals surface area contributed by atoms with Crippen molar-refractivity contribution in [3.63, 3.8) is 0 Å². The fourth-order valence-electron chi connectivity index (χ4n) is 1.74. The summed E-state index contributed by atoms with van der Waals surface area (Å²) in [6.45, 7) is 6.38. The molecule has 18 heavy (non-hydrogen) atoms. The molecule has 2 rings (SSSR count). The largest absolute Gasteiger partial charge is 0.342 e. The third-order valence-corrected chi connectivity index (χ3v) is 3.77. The normalized spacial score (nSPS) is 10.6. The van der Waals surface area contributed by atoms with Crippen LogP contribution < -0.4 is 10.6 Å². The van der Waals surface area contributed by atoms with Gasteiger partial charge in [-0.1, -0.05) is 6.07 Å². The van der Waals surface area contributed by atoms with Gasteiger partial charge in [-0.25, -0.2) is 4.98 Å². The summed E-state index contributed by atoms with van der Waals surface area (Å²) in [6.07, 6.45) is 1.85. The number of thiazole rings is 1.